The number of halogens is 2. The summed E-state index contributed by atoms with van der Waals surface area (Å²) in [5.74, 6) is 0.0271. The topological polar surface area (TPSA) is 53.0 Å². The van der Waals surface area contributed by atoms with Gasteiger partial charge >= 0.3 is 6.09 Å². The molecule has 170 valence electrons. The Morgan fingerprint density at radius 3 is 2.07 bits per heavy atom. The van der Waals surface area contributed by atoms with Crippen molar-refractivity contribution in [3.8, 4) is 11.5 Å². The SMILES string of the molecule is CCCCCCCCCCCCN1CCN(C(=O)Oc2cc(Cl)c(O)cc2Cl)CC1. The number of ether oxygens (including phenoxy) is 1. The van der Waals surface area contributed by atoms with Crippen LogP contribution in [0.1, 0.15) is 71.1 Å². The summed E-state index contributed by atoms with van der Waals surface area (Å²) in [6.07, 6.45) is 13.0. The van der Waals surface area contributed by atoms with Gasteiger partial charge < -0.3 is 14.7 Å². The van der Waals surface area contributed by atoms with Crippen LogP contribution in [0.3, 0.4) is 0 Å². The lowest BCUT2D eigenvalue weighted by molar-refractivity contribution is 0.110. The van der Waals surface area contributed by atoms with E-state index >= 15 is 0 Å². The number of carbonyl (C=O) groups is 1. The summed E-state index contributed by atoms with van der Waals surface area (Å²) in [7, 11) is 0. The van der Waals surface area contributed by atoms with E-state index in [0.29, 0.717) is 13.1 Å². The summed E-state index contributed by atoms with van der Waals surface area (Å²) in [5.41, 5.74) is 0. The molecule has 0 bridgehead atoms. The normalized spacial score (nSPS) is 14.8. The number of benzene rings is 1. The van der Waals surface area contributed by atoms with Crippen molar-refractivity contribution >= 4 is 29.3 Å². The Hall–Kier alpha value is -1.17. The standard InChI is InChI=1S/C23H36Cl2N2O3/c1-2-3-4-5-6-7-8-9-10-11-12-26-13-15-27(16-14-26)23(29)30-22-18-19(24)21(28)17-20(22)25/h17-18,28H,2-16H2,1H3. The molecule has 0 spiro atoms. The van der Waals surface area contributed by atoms with Crippen molar-refractivity contribution < 1.29 is 14.6 Å². The van der Waals surface area contributed by atoms with Crippen LogP contribution >= 0.6 is 23.2 Å². The van der Waals surface area contributed by atoms with E-state index in [2.05, 4.69) is 11.8 Å². The summed E-state index contributed by atoms with van der Waals surface area (Å²) >= 11 is 11.9. The fourth-order valence-electron chi connectivity index (χ4n) is 3.73. The van der Waals surface area contributed by atoms with Crippen LogP contribution in [0, 0.1) is 0 Å². The van der Waals surface area contributed by atoms with Gasteiger partial charge in [-0.15, -0.1) is 0 Å². The molecule has 1 N–H and O–H groups in total. The molecule has 5 nitrogen and oxygen atoms in total. The third kappa shape index (κ3) is 8.91. The molecule has 0 atom stereocenters. The molecule has 2 rings (SSSR count). The van der Waals surface area contributed by atoms with E-state index in [1.165, 1.54) is 76.3 Å². The molecule has 0 radical (unpaired) electrons. The van der Waals surface area contributed by atoms with Gasteiger partial charge in [-0.1, -0.05) is 87.9 Å². The molecule has 1 aromatic rings. The zero-order chi connectivity index (χ0) is 21.8. The fraction of sp³-hybridized carbons (Fsp3) is 0.696. The van der Waals surface area contributed by atoms with Crippen LogP contribution in [0.25, 0.3) is 0 Å². The maximum absolute atomic E-state index is 12.4. The summed E-state index contributed by atoms with van der Waals surface area (Å²) < 4.78 is 5.36. The highest BCUT2D eigenvalue weighted by molar-refractivity contribution is 6.35. The van der Waals surface area contributed by atoms with Crippen molar-refractivity contribution in [2.24, 2.45) is 0 Å². The zero-order valence-electron chi connectivity index (χ0n) is 18.2. The number of piperazine rings is 1. The van der Waals surface area contributed by atoms with E-state index in [-0.39, 0.29) is 21.5 Å². The summed E-state index contributed by atoms with van der Waals surface area (Å²) in [4.78, 5) is 16.5. The second-order valence-electron chi connectivity index (χ2n) is 8.11. The Balaban J connectivity index is 1.56. The van der Waals surface area contributed by atoms with Gasteiger partial charge in [0.05, 0.1) is 10.0 Å². The average Bonchev–Trinajstić information content (AvgIpc) is 2.73. The molecule has 1 aliphatic heterocycles. The van der Waals surface area contributed by atoms with Crippen LogP contribution in [0.2, 0.25) is 10.0 Å². The predicted octanol–water partition coefficient (Wildman–Crippen LogP) is 6.74. The molecule has 1 fully saturated rings. The lowest BCUT2D eigenvalue weighted by atomic mass is 10.1. The summed E-state index contributed by atoms with van der Waals surface area (Å²) in [5, 5.41) is 9.79. The fourth-order valence-corrected chi connectivity index (χ4v) is 4.08. The van der Waals surface area contributed by atoms with Crippen LogP contribution in [-0.2, 0) is 0 Å². The molecule has 7 heteroatoms. The summed E-state index contributed by atoms with van der Waals surface area (Å²) in [6.45, 7) is 6.35. The minimum absolute atomic E-state index is 0.100. The van der Waals surface area contributed by atoms with Gasteiger partial charge in [0.15, 0.2) is 5.75 Å². The lowest BCUT2D eigenvalue weighted by Crippen LogP contribution is -2.49. The van der Waals surface area contributed by atoms with Crippen LogP contribution in [0.4, 0.5) is 4.79 Å². The van der Waals surface area contributed by atoms with Crippen molar-refractivity contribution in [2.75, 3.05) is 32.7 Å². The van der Waals surface area contributed by atoms with E-state index in [1.807, 2.05) is 0 Å². The molecular formula is C23H36Cl2N2O3. The first-order chi connectivity index (χ1) is 14.5. The number of nitrogens with zero attached hydrogens (tertiary/aromatic N) is 2. The molecular weight excluding hydrogens is 423 g/mol. The number of carbonyl (C=O) groups excluding carboxylic acids is 1. The molecule has 0 aliphatic carbocycles. The summed E-state index contributed by atoms with van der Waals surface area (Å²) in [6, 6.07) is 2.63. The minimum Gasteiger partial charge on any atom is -0.506 e. The minimum atomic E-state index is -0.433. The Kier molecular flexibility index (Phi) is 11.7. The molecule has 1 saturated heterocycles. The van der Waals surface area contributed by atoms with Gasteiger partial charge in [0.25, 0.3) is 0 Å². The second kappa shape index (κ2) is 14.0. The number of phenolic OH excluding ortho intramolecular Hbond substituents is 1. The van der Waals surface area contributed by atoms with E-state index < -0.39 is 6.09 Å². The molecule has 1 heterocycles. The second-order valence-corrected chi connectivity index (χ2v) is 8.93. The van der Waals surface area contributed by atoms with E-state index in [4.69, 9.17) is 27.9 Å². The maximum atomic E-state index is 12.4. The van der Waals surface area contributed by atoms with Crippen LogP contribution in [0.15, 0.2) is 12.1 Å². The van der Waals surface area contributed by atoms with Gasteiger partial charge in [0.1, 0.15) is 5.75 Å². The Labute approximate surface area is 191 Å². The molecule has 0 saturated carbocycles. The van der Waals surface area contributed by atoms with Crippen molar-refractivity contribution in [1.29, 1.82) is 0 Å². The van der Waals surface area contributed by atoms with Gasteiger partial charge in [0.2, 0.25) is 0 Å². The number of phenols is 1. The largest absolute Gasteiger partial charge is 0.506 e. The predicted molar refractivity (Wildman–Crippen MR) is 124 cm³/mol. The smallest absolute Gasteiger partial charge is 0.415 e. The number of hydrogen-bond donors (Lipinski definition) is 1. The molecule has 0 aromatic heterocycles. The number of hydrogen-bond acceptors (Lipinski definition) is 4. The van der Waals surface area contributed by atoms with Gasteiger partial charge in [-0.05, 0) is 13.0 Å². The average molecular weight is 459 g/mol. The van der Waals surface area contributed by atoms with Gasteiger partial charge in [-0.3, -0.25) is 4.90 Å². The van der Waals surface area contributed by atoms with Crippen LogP contribution in [0.5, 0.6) is 11.5 Å². The first-order valence-electron chi connectivity index (χ1n) is 11.4. The van der Waals surface area contributed by atoms with Crippen molar-refractivity contribution in [3.05, 3.63) is 22.2 Å². The highest BCUT2D eigenvalue weighted by Gasteiger charge is 2.23. The van der Waals surface area contributed by atoms with Gasteiger partial charge in [-0.2, -0.15) is 0 Å². The maximum Gasteiger partial charge on any atom is 0.415 e. The molecule has 30 heavy (non-hydrogen) atoms. The highest BCUT2D eigenvalue weighted by Crippen LogP contribution is 2.35. The van der Waals surface area contributed by atoms with E-state index in [9.17, 15) is 9.90 Å². The molecule has 0 unspecified atom stereocenters. The number of unbranched alkanes of at least 4 members (excludes halogenated alkanes) is 9. The first kappa shape index (κ1) is 25.1. The quantitative estimate of drug-likeness (QED) is 0.352. The first-order valence-corrected chi connectivity index (χ1v) is 12.1. The molecule has 1 aliphatic rings. The van der Waals surface area contributed by atoms with Crippen molar-refractivity contribution in [2.45, 2.75) is 71.1 Å². The number of rotatable bonds is 12. The Bertz CT molecular complexity index is 650. The molecule has 1 amide bonds. The zero-order valence-corrected chi connectivity index (χ0v) is 19.7. The van der Waals surface area contributed by atoms with Crippen LogP contribution in [-0.4, -0.2) is 53.7 Å². The third-order valence-corrected chi connectivity index (χ3v) is 6.26. The van der Waals surface area contributed by atoms with E-state index in [1.54, 1.807) is 4.90 Å². The van der Waals surface area contributed by atoms with Crippen molar-refractivity contribution in [1.82, 2.24) is 9.80 Å². The number of aromatic hydroxyl groups is 1. The van der Waals surface area contributed by atoms with Crippen LogP contribution < -0.4 is 4.74 Å². The van der Waals surface area contributed by atoms with Gasteiger partial charge in [0, 0.05) is 38.3 Å². The highest BCUT2D eigenvalue weighted by atomic mass is 35.5. The lowest BCUT2D eigenvalue weighted by Gasteiger charge is -2.34. The Morgan fingerprint density at radius 1 is 0.900 bits per heavy atom. The third-order valence-electron chi connectivity index (χ3n) is 5.66. The van der Waals surface area contributed by atoms with E-state index in [0.717, 1.165) is 19.6 Å². The molecule has 1 aromatic carbocycles. The van der Waals surface area contributed by atoms with Crippen molar-refractivity contribution in [3.63, 3.8) is 0 Å². The Morgan fingerprint density at radius 2 is 1.47 bits per heavy atom. The monoisotopic (exact) mass is 458 g/mol. The van der Waals surface area contributed by atoms with Gasteiger partial charge in [-0.25, -0.2) is 4.79 Å². The number of amides is 1.